The van der Waals surface area contributed by atoms with Gasteiger partial charge in [-0.2, -0.15) is 0 Å². The van der Waals surface area contributed by atoms with Crippen LogP contribution in [0.4, 0.5) is 0 Å². The van der Waals surface area contributed by atoms with Gasteiger partial charge in [0.2, 0.25) is 0 Å². The van der Waals surface area contributed by atoms with Crippen LogP contribution in [0.15, 0.2) is 35.7 Å². The number of benzene rings is 1. The Hall–Kier alpha value is -1.16. The SMILES string of the molecule is Cc1ccc(CN2CC[C@H](c3sccc3C)[C@@H](O)C2)cc1. The smallest absolute Gasteiger partial charge is 0.0744 e. The van der Waals surface area contributed by atoms with E-state index in [4.69, 9.17) is 0 Å². The molecule has 0 bridgehead atoms. The molecule has 112 valence electrons. The van der Waals surface area contributed by atoms with Crippen LogP contribution in [0.1, 0.15) is 33.9 Å². The van der Waals surface area contributed by atoms with Crippen LogP contribution in [0.25, 0.3) is 0 Å². The monoisotopic (exact) mass is 301 g/mol. The summed E-state index contributed by atoms with van der Waals surface area (Å²) in [4.78, 5) is 3.74. The normalized spacial score (nSPS) is 23.4. The lowest BCUT2D eigenvalue weighted by atomic mass is 9.90. The number of piperidine rings is 1. The van der Waals surface area contributed by atoms with Gasteiger partial charge in [0, 0.05) is 23.9 Å². The van der Waals surface area contributed by atoms with Crippen molar-refractivity contribution in [3.05, 3.63) is 57.3 Å². The Morgan fingerprint density at radius 3 is 2.57 bits per heavy atom. The summed E-state index contributed by atoms with van der Waals surface area (Å²) < 4.78 is 0. The first-order chi connectivity index (χ1) is 10.1. The number of nitrogens with zero attached hydrogens (tertiary/aromatic N) is 1. The maximum atomic E-state index is 10.5. The number of rotatable bonds is 3. The van der Waals surface area contributed by atoms with Gasteiger partial charge in [0.15, 0.2) is 0 Å². The second-order valence-corrected chi connectivity index (χ2v) is 7.10. The topological polar surface area (TPSA) is 23.5 Å². The lowest BCUT2D eigenvalue weighted by Crippen LogP contribution is -2.42. The molecule has 0 unspecified atom stereocenters. The highest BCUT2D eigenvalue weighted by molar-refractivity contribution is 7.10. The predicted molar refractivity (Wildman–Crippen MR) is 88.9 cm³/mol. The van der Waals surface area contributed by atoms with Gasteiger partial charge >= 0.3 is 0 Å². The molecule has 0 aliphatic carbocycles. The zero-order valence-corrected chi connectivity index (χ0v) is 13.6. The van der Waals surface area contributed by atoms with Gasteiger partial charge in [-0.3, -0.25) is 4.90 Å². The van der Waals surface area contributed by atoms with Crippen LogP contribution >= 0.6 is 11.3 Å². The van der Waals surface area contributed by atoms with Gasteiger partial charge in [-0.1, -0.05) is 29.8 Å². The fourth-order valence-electron chi connectivity index (χ4n) is 3.16. The number of thiophene rings is 1. The number of hydrogen-bond acceptors (Lipinski definition) is 3. The number of β-amino-alcohol motifs (C(OH)–C–C–N with tert-alkyl or cyclic N) is 1. The molecule has 0 radical (unpaired) electrons. The lowest BCUT2D eigenvalue weighted by Gasteiger charge is -2.36. The first-order valence-corrected chi connectivity index (χ1v) is 8.51. The van der Waals surface area contributed by atoms with Crippen molar-refractivity contribution < 1.29 is 5.11 Å². The van der Waals surface area contributed by atoms with Crippen molar-refractivity contribution in [1.29, 1.82) is 0 Å². The molecule has 1 aliphatic rings. The maximum Gasteiger partial charge on any atom is 0.0744 e. The van der Waals surface area contributed by atoms with Crippen LogP contribution in [-0.4, -0.2) is 29.2 Å². The Balaban J connectivity index is 1.63. The molecule has 1 aromatic carbocycles. The number of aryl methyl sites for hydroxylation is 2. The van der Waals surface area contributed by atoms with Crippen molar-refractivity contribution >= 4 is 11.3 Å². The minimum Gasteiger partial charge on any atom is -0.391 e. The second kappa shape index (κ2) is 6.30. The fraction of sp³-hybridized carbons (Fsp3) is 0.444. The van der Waals surface area contributed by atoms with Gasteiger partial charge in [0.25, 0.3) is 0 Å². The lowest BCUT2D eigenvalue weighted by molar-refractivity contribution is 0.0485. The number of aliphatic hydroxyl groups excluding tert-OH is 1. The molecule has 0 saturated carbocycles. The Morgan fingerprint density at radius 2 is 1.95 bits per heavy atom. The average Bonchev–Trinajstić information content (AvgIpc) is 2.88. The summed E-state index contributed by atoms with van der Waals surface area (Å²) in [6.45, 7) is 7.04. The molecule has 2 nitrogen and oxygen atoms in total. The van der Waals surface area contributed by atoms with Gasteiger partial charge in [0.1, 0.15) is 0 Å². The van der Waals surface area contributed by atoms with Crippen LogP contribution in [0.5, 0.6) is 0 Å². The highest BCUT2D eigenvalue weighted by Crippen LogP contribution is 2.34. The molecule has 21 heavy (non-hydrogen) atoms. The van der Waals surface area contributed by atoms with Crippen molar-refractivity contribution in [3.8, 4) is 0 Å². The van der Waals surface area contributed by atoms with Crippen LogP contribution in [0.3, 0.4) is 0 Å². The van der Waals surface area contributed by atoms with E-state index in [0.717, 1.165) is 26.1 Å². The number of hydrogen-bond donors (Lipinski definition) is 1. The zero-order chi connectivity index (χ0) is 14.8. The van der Waals surface area contributed by atoms with Crippen molar-refractivity contribution in [2.45, 2.75) is 38.8 Å². The van der Waals surface area contributed by atoms with E-state index in [-0.39, 0.29) is 6.10 Å². The molecule has 3 rings (SSSR count). The predicted octanol–water partition coefficient (Wildman–Crippen LogP) is 3.72. The van der Waals surface area contributed by atoms with E-state index < -0.39 is 0 Å². The molecule has 1 aromatic heterocycles. The Morgan fingerprint density at radius 1 is 1.19 bits per heavy atom. The van der Waals surface area contributed by atoms with E-state index in [1.165, 1.54) is 21.6 Å². The van der Waals surface area contributed by atoms with Crippen molar-refractivity contribution in [2.24, 2.45) is 0 Å². The molecule has 2 atom stereocenters. The van der Waals surface area contributed by atoms with Crippen LogP contribution in [0.2, 0.25) is 0 Å². The van der Waals surface area contributed by atoms with Crippen LogP contribution < -0.4 is 0 Å². The summed E-state index contributed by atoms with van der Waals surface area (Å²) in [5, 5.41) is 12.7. The third-order valence-corrected chi connectivity index (χ3v) is 5.58. The van der Waals surface area contributed by atoms with E-state index in [1.807, 2.05) is 0 Å². The van der Waals surface area contributed by atoms with E-state index in [0.29, 0.717) is 5.92 Å². The Bertz CT molecular complexity index is 590. The quantitative estimate of drug-likeness (QED) is 0.934. The maximum absolute atomic E-state index is 10.5. The summed E-state index contributed by atoms with van der Waals surface area (Å²) in [5.74, 6) is 0.319. The summed E-state index contributed by atoms with van der Waals surface area (Å²) in [6.07, 6.45) is 0.801. The van der Waals surface area contributed by atoms with E-state index in [2.05, 4.69) is 54.5 Å². The zero-order valence-electron chi connectivity index (χ0n) is 12.7. The van der Waals surface area contributed by atoms with Crippen LogP contribution in [0, 0.1) is 13.8 Å². The highest BCUT2D eigenvalue weighted by atomic mass is 32.1. The van der Waals surface area contributed by atoms with Crippen LogP contribution in [-0.2, 0) is 6.54 Å². The molecule has 1 N–H and O–H groups in total. The minimum absolute atomic E-state index is 0.249. The highest BCUT2D eigenvalue weighted by Gasteiger charge is 2.30. The number of likely N-dealkylation sites (tertiary alicyclic amines) is 1. The molecule has 2 heterocycles. The molecule has 0 amide bonds. The van der Waals surface area contributed by atoms with E-state index in [1.54, 1.807) is 11.3 Å². The van der Waals surface area contributed by atoms with Gasteiger partial charge in [-0.15, -0.1) is 11.3 Å². The third-order valence-electron chi connectivity index (χ3n) is 4.43. The molecular weight excluding hydrogens is 278 g/mol. The summed E-state index contributed by atoms with van der Waals surface area (Å²) in [7, 11) is 0. The first-order valence-electron chi connectivity index (χ1n) is 7.63. The first kappa shape index (κ1) is 14.8. The molecule has 1 fully saturated rings. The second-order valence-electron chi connectivity index (χ2n) is 6.15. The Labute approximate surface area is 131 Å². The third kappa shape index (κ3) is 3.37. The molecule has 1 saturated heterocycles. The average molecular weight is 301 g/mol. The molecular formula is C18H23NOS. The van der Waals surface area contributed by atoms with Gasteiger partial charge in [-0.25, -0.2) is 0 Å². The Kier molecular flexibility index (Phi) is 4.43. The van der Waals surface area contributed by atoms with Gasteiger partial charge in [-0.05, 0) is 49.4 Å². The number of aliphatic hydroxyl groups is 1. The molecule has 1 aliphatic heterocycles. The van der Waals surface area contributed by atoms with Crippen molar-refractivity contribution in [2.75, 3.05) is 13.1 Å². The van der Waals surface area contributed by atoms with Gasteiger partial charge in [0.05, 0.1) is 6.10 Å². The standard InChI is InChI=1S/C18H23NOS/c1-13-3-5-15(6-4-13)11-19-9-7-16(17(20)12-19)18-14(2)8-10-21-18/h3-6,8,10,16-17,20H,7,9,11-12H2,1-2H3/t16-,17-/m0/s1. The summed E-state index contributed by atoms with van der Waals surface area (Å²) in [6, 6.07) is 10.9. The largest absolute Gasteiger partial charge is 0.391 e. The molecule has 0 spiro atoms. The minimum atomic E-state index is -0.249. The van der Waals surface area contributed by atoms with E-state index in [9.17, 15) is 5.11 Å². The van der Waals surface area contributed by atoms with Crippen molar-refractivity contribution in [1.82, 2.24) is 4.90 Å². The molecule has 2 aromatic rings. The fourth-order valence-corrected chi connectivity index (χ4v) is 4.28. The van der Waals surface area contributed by atoms with Gasteiger partial charge < -0.3 is 5.11 Å². The van der Waals surface area contributed by atoms with Crippen molar-refractivity contribution in [3.63, 3.8) is 0 Å². The van der Waals surface area contributed by atoms with E-state index >= 15 is 0 Å². The summed E-state index contributed by atoms with van der Waals surface area (Å²) >= 11 is 1.79. The molecule has 3 heteroatoms. The summed E-state index contributed by atoms with van der Waals surface area (Å²) in [5.41, 5.74) is 3.96.